The molecule has 0 radical (unpaired) electrons. The molecule has 5 amide bonds. The fourth-order valence-electron chi connectivity index (χ4n) is 10.2. The Balaban J connectivity index is 0.896. The van der Waals surface area contributed by atoms with Crippen LogP contribution in [0.1, 0.15) is 112 Å². The van der Waals surface area contributed by atoms with Crippen molar-refractivity contribution >= 4 is 41.2 Å². The van der Waals surface area contributed by atoms with Crippen LogP contribution in [0.15, 0.2) is 54.7 Å². The standard InChI is InChI=1S/C55H75FN14O7/c1-9-40(35-14-11-10-12-15-35)63-52(73)44-29-37(32-69(44)54(75)48(55(3,4)5)64-51(72)34(2)59-6)60-20-25-77-27-26-76-24-19-46(71)66(7)22-23-70-45(30-57)47-41-31-61-49(58)50(62-41)68-21-13-16-43(68)39-28-36(56)17-18-38(39)53(74)67(8)33-42(47)65-70/h10-12,14-15,17-18,28,31,34,37,40,43-44,48,59-60H,9,13,16,19-27,29,32-33H2,1-8H3,(H2,58,61)(H,63,73)(H,64,72)/t34-,37-,40+,43-,44-,48+/m1/s1. The van der Waals surface area contributed by atoms with E-state index in [4.69, 9.17) is 25.3 Å². The highest BCUT2D eigenvalue weighted by molar-refractivity contribution is 5.96. The molecule has 2 saturated heterocycles. The lowest BCUT2D eigenvalue weighted by molar-refractivity contribution is -0.144. The molecule has 0 aliphatic carbocycles. The summed E-state index contributed by atoms with van der Waals surface area (Å²) in [5, 5.41) is 27.8. The molecular formula is C55H75FN14O7. The van der Waals surface area contributed by atoms with Gasteiger partial charge in [0, 0.05) is 51.9 Å². The van der Waals surface area contributed by atoms with Gasteiger partial charge in [0.2, 0.25) is 23.6 Å². The number of ether oxygens (including phenoxy) is 2. The van der Waals surface area contributed by atoms with Crippen molar-refractivity contribution < 1.29 is 37.8 Å². The maximum Gasteiger partial charge on any atom is 0.254 e. The van der Waals surface area contributed by atoms with Gasteiger partial charge in [0.15, 0.2) is 11.6 Å². The molecule has 7 rings (SSSR count). The maximum atomic E-state index is 14.7. The molecule has 6 N–H and O–H groups in total. The molecule has 0 spiro atoms. The molecule has 3 aliphatic rings. The number of nitriles is 1. The molecule has 4 aromatic rings. The number of benzene rings is 2. The molecule has 2 bridgehead atoms. The number of nitrogen functional groups attached to an aromatic ring is 1. The van der Waals surface area contributed by atoms with Crippen LogP contribution in [-0.2, 0) is 41.7 Å². The molecule has 0 unspecified atom stereocenters. The topological polar surface area (TPSA) is 258 Å². The van der Waals surface area contributed by atoms with Gasteiger partial charge in [-0.15, -0.1) is 0 Å². The van der Waals surface area contributed by atoms with Crippen molar-refractivity contribution in [1.82, 2.24) is 55.7 Å². The number of aromatic nitrogens is 4. The molecule has 0 saturated carbocycles. The molecule has 3 aliphatic heterocycles. The van der Waals surface area contributed by atoms with E-state index in [9.17, 15) is 33.6 Å². The second-order valence-corrected chi connectivity index (χ2v) is 21.1. The van der Waals surface area contributed by atoms with Crippen molar-refractivity contribution in [1.29, 1.82) is 5.26 Å². The van der Waals surface area contributed by atoms with E-state index in [1.165, 1.54) is 38.9 Å². The van der Waals surface area contributed by atoms with E-state index < -0.39 is 29.4 Å². The fraction of sp³-hybridized carbons (Fsp3) is 0.545. The number of carbonyl (C=O) groups is 5. The lowest BCUT2D eigenvalue weighted by atomic mass is 9.85. The summed E-state index contributed by atoms with van der Waals surface area (Å²) in [4.78, 5) is 84.8. The Kier molecular flexibility index (Phi) is 19.4. The second kappa shape index (κ2) is 25.9. The van der Waals surface area contributed by atoms with E-state index in [0.717, 1.165) is 12.0 Å². The molecule has 2 fully saturated rings. The first-order valence-electron chi connectivity index (χ1n) is 26.5. The van der Waals surface area contributed by atoms with Crippen LogP contribution >= 0.6 is 0 Å². The largest absolute Gasteiger partial charge is 0.381 e. The number of nitrogens with one attached hydrogen (secondary N) is 4. The van der Waals surface area contributed by atoms with Crippen LogP contribution in [-0.4, -0.2) is 162 Å². The van der Waals surface area contributed by atoms with Gasteiger partial charge in [0.1, 0.15) is 29.7 Å². The minimum Gasteiger partial charge on any atom is -0.381 e. The number of likely N-dealkylation sites (N-methyl/N-ethyl adjacent to an activating group) is 2. The highest BCUT2D eigenvalue weighted by Crippen LogP contribution is 2.41. The Labute approximate surface area is 450 Å². The normalized spacial score (nSPS) is 18.5. The molecule has 414 valence electrons. The van der Waals surface area contributed by atoms with Crippen LogP contribution in [0.3, 0.4) is 0 Å². The lowest BCUT2D eigenvalue weighted by Crippen LogP contribution is -2.59. The van der Waals surface area contributed by atoms with Gasteiger partial charge >= 0.3 is 0 Å². The van der Waals surface area contributed by atoms with Gasteiger partial charge in [0.25, 0.3) is 5.91 Å². The quantitative estimate of drug-likeness (QED) is 0.0746. The van der Waals surface area contributed by atoms with Crippen molar-refractivity contribution in [3.63, 3.8) is 0 Å². The number of halogens is 1. The van der Waals surface area contributed by atoms with Crippen LogP contribution in [0.5, 0.6) is 0 Å². The predicted molar refractivity (Wildman–Crippen MR) is 287 cm³/mol. The third kappa shape index (κ3) is 13.7. The maximum absolute atomic E-state index is 14.7. The van der Waals surface area contributed by atoms with Gasteiger partial charge in [-0.1, -0.05) is 58.0 Å². The number of carbonyl (C=O) groups excluding carboxylic acids is 5. The fourth-order valence-corrected chi connectivity index (χ4v) is 10.2. The van der Waals surface area contributed by atoms with Gasteiger partial charge in [-0.25, -0.2) is 14.4 Å². The van der Waals surface area contributed by atoms with E-state index >= 15 is 0 Å². The first-order valence-corrected chi connectivity index (χ1v) is 26.5. The average molecular weight is 1060 g/mol. The third-order valence-electron chi connectivity index (χ3n) is 14.7. The molecule has 77 heavy (non-hydrogen) atoms. The zero-order valence-electron chi connectivity index (χ0n) is 45.6. The Morgan fingerprint density at radius 3 is 2.49 bits per heavy atom. The van der Waals surface area contributed by atoms with Gasteiger partial charge in [0.05, 0.1) is 87.2 Å². The number of amides is 5. The monoisotopic (exact) mass is 1060 g/mol. The van der Waals surface area contributed by atoms with Crippen LogP contribution < -0.4 is 31.9 Å². The third-order valence-corrected chi connectivity index (χ3v) is 14.7. The Morgan fingerprint density at radius 1 is 1.05 bits per heavy atom. The van der Waals surface area contributed by atoms with Gasteiger partial charge in [-0.2, -0.15) is 10.4 Å². The Morgan fingerprint density at radius 2 is 1.79 bits per heavy atom. The Bertz CT molecular complexity index is 2780. The first-order chi connectivity index (χ1) is 36.8. The number of hydrogen-bond donors (Lipinski definition) is 5. The molecule has 21 nitrogen and oxygen atoms in total. The van der Waals surface area contributed by atoms with Crippen molar-refractivity contribution in [2.75, 3.05) is 84.4 Å². The van der Waals surface area contributed by atoms with Crippen LogP contribution in [0.25, 0.3) is 11.3 Å². The van der Waals surface area contributed by atoms with Crippen molar-refractivity contribution in [3.05, 3.63) is 88.6 Å². The summed E-state index contributed by atoms with van der Waals surface area (Å²) in [5.74, 6) is -1.32. The van der Waals surface area contributed by atoms with Crippen molar-refractivity contribution in [2.45, 2.75) is 116 Å². The molecule has 22 heteroatoms. The van der Waals surface area contributed by atoms with E-state index in [1.807, 2.05) is 62.9 Å². The zero-order valence-corrected chi connectivity index (χ0v) is 45.6. The number of nitrogens with two attached hydrogens (primary N) is 1. The SMILES string of the molecule is CC[C@H](NC(=O)[C@H]1C[C@@H](NCCOCCOCCC(=O)N(C)CCn2nc3c(c2C#N)-c2cnc(N)c(n2)N2CCC[C@@H]2c2cc(F)ccc2C(=O)N(C)C3)CN1C(=O)[C@H](NC(=O)[C@@H](C)NC)C(C)(C)C)c1ccccc1. The van der Waals surface area contributed by atoms with Crippen LogP contribution in [0.2, 0.25) is 0 Å². The van der Waals surface area contributed by atoms with Gasteiger partial charge in [-0.05, 0) is 74.4 Å². The summed E-state index contributed by atoms with van der Waals surface area (Å²) >= 11 is 0. The molecule has 2 aromatic heterocycles. The molecule has 5 heterocycles. The minimum absolute atomic E-state index is 0.00455. The van der Waals surface area contributed by atoms with E-state index in [1.54, 1.807) is 33.0 Å². The number of likely N-dealkylation sites (tertiary alicyclic amines) is 1. The summed E-state index contributed by atoms with van der Waals surface area (Å²) < 4.78 is 27.9. The van der Waals surface area contributed by atoms with Crippen molar-refractivity contribution in [3.8, 4) is 17.3 Å². The predicted octanol–water partition coefficient (Wildman–Crippen LogP) is 3.71. The average Bonchev–Trinajstić information content (AvgIpc) is 4.19. The first kappa shape index (κ1) is 57.6. The Hall–Kier alpha value is -7.06. The minimum atomic E-state index is -0.876. The summed E-state index contributed by atoms with van der Waals surface area (Å²) in [7, 11) is 4.97. The second-order valence-electron chi connectivity index (χ2n) is 21.1. The van der Waals surface area contributed by atoms with E-state index in [-0.39, 0.29) is 112 Å². The number of anilines is 2. The zero-order chi connectivity index (χ0) is 55.6. The van der Waals surface area contributed by atoms with Crippen LogP contribution in [0, 0.1) is 22.6 Å². The summed E-state index contributed by atoms with van der Waals surface area (Å²) in [6.45, 7) is 12.0. The number of hydrogen-bond acceptors (Lipinski definition) is 15. The van der Waals surface area contributed by atoms with E-state index in [2.05, 4.69) is 32.3 Å². The molecule has 2 aromatic carbocycles. The van der Waals surface area contributed by atoms with E-state index in [0.29, 0.717) is 72.9 Å². The summed E-state index contributed by atoms with van der Waals surface area (Å²) in [6.07, 6.45) is 4.01. The molecule has 6 atom stereocenters. The number of fused-ring (bicyclic) bond motifs is 8. The molecular weight excluding hydrogens is 988 g/mol. The van der Waals surface area contributed by atoms with Gasteiger partial charge in [-0.3, -0.25) is 28.7 Å². The highest BCUT2D eigenvalue weighted by Gasteiger charge is 2.45. The van der Waals surface area contributed by atoms with Crippen LogP contribution in [0.4, 0.5) is 16.0 Å². The summed E-state index contributed by atoms with van der Waals surface area (Å²) in [6, 6.07) is 13.1. The smallest absolute Gasteiger partial charge is 0.254 e. The highest BCUT2D eigenvalue weighted by atomic mass is 19.1. The number of rotatable bonds is 21. The number of nitrogens with zero attached hydrogens (tertiary/aromatic N) is 9. The van der Waals surface area contributed by atoms with Crippen molar-refractivity contribution in [2.24, 2.45) is 5.41 Å². The summed E-state index contributed by atoms with van der Waals surface area (Å²) in [5.41, 5.74) is 8.96. The lowest BCUT2D eigenvalue weighted by Gasteiger charge is -2.36. The van der Waals surface area contributed by atoms with Gasteiger partial charge < -0.3 is 56.1 Å².